The average Bonchev–Trinajstić information content (AvgIpc) is 3.77. The zero-order chi connectivity index (χ0) is 28.5. The molecule has 42 heavy (non-hydrogen) atoms. The summed E-state index contributed by atoms with van der Waals surface area (Å²) in [5, 5.41) is 1.07. The van der Waals surface area contributed by atoms with Crippen LogP contribution < -0.4 is 4.74 Å². The van der Waals surface area contributed by atoms with Gasteiger partial charge in [0.1, 0.15) is 12.4 Å². The third-order valence-electron chi connectivity index (χ3n) is 8.18. The smallest absolute Gasteiger partial charge is 0.169 e. The minimum absolute atomic E-state index is 0.0794. The second kappa shape index (κ2) is 11.6. The van der Waals surface area contributed by atoms with E-state index in [9.17, 15) is 4.79 Å². The number of ketones is 1. The highest BCUT2D eigenvalue weighted by atomic mass is 32.1. The maximum atomic E-state index is 11.9. The maximum absolute atomic E-state index is 11.9. The minimum Gasteiger partial charge on any atom is -0.491 e. The Morgan fingerprint density at radius 3 is 2.69 bits per heavy atom. The number of nitrogens with zero attached hydrogens (tertiary/aromatic N) is 4. The molecule has 8 heteroatoms. The van der Waals surface area contributed by atoms with Crippen LogP contribution in [0.25, 0.3) is 32.5 Å². The summed E-state index contributed by atoms with van der Waals surface area (Å²) in [6, 6.07) is 14.8. The molecular weight excluding hydrogens is 542 g/mol. The normalized spacial score (nSPS) is 15.4. The first-order valence-electron chi connectivity index (χ1n) is 14.7. The largest absolute Gasteiger partial charge is 0.491 e. The number of nitrogens with one attached hydrogen (secondary N) is 1. The molecule has 4 aromatic heterocycles. The van der Waals surface area contributed by atoms with Gasteiger partial charge in [0.05, 0.1) is 34.2 Å². The van der Waals surface area contributed by atoms with Crippen LogP contribution in [-0.4, -0.2) is 64.1 Å². The standard InChI is InChI=1S/C34H33N5O2S/c1-22(40)32-8-9-33(42-32)29-20-36-21-31-28(29)17-30(38-31)34-27-16-24(7-6-23(27)5-4-10-37-34)25-15-26(19-35-18-25)41-14-13-39-11-2-3-12-39/h6-9,15-21,38H,2-5,10-14H2,1H3. The van der Waals surface area contributed by atoms with Gasteiger partial charge in [-0.15, -0.1) is 11.3 Å². The predicted octanol–water partition coefficient (Wildman–Crippen LogP) is 6.81. The zero-order valence-electron chi connectivity index (χ0n) is 23.7. The highest BCUT2D eigenvalue weighted by Gasteiger charge is 2.20. The number of pyridine rings is 2. The van der Waals surface area contributed by atoms with Gasteiger partial charge in [0.2, 0.25) is 0 Å². The van der Waals surface area contributed by atoms with Crippen molar-refractivity contribution in [3.05, 3.63) is 88.9 Å². The molecule has 0 spiro atoms. The van der Waals surface area contributed by atoms with Gasteiger partial charge >= 0.3 is 0 Å². The zero-order valence-corrected chi connectivity index (χ0v) is 24.5. The number of fused-ring (bicyclic) bond motifs is 2. The first kappa shape index (κ1) is 26.7. The summed E-state index contributed by atoms with van der Waals surface area (Å²) in [6.45, 7) is 6.34. The van der Waals surface area contributed by atoms with Crippen LogP contribution in [-0.2, 0) is 6.42 Å². The van der Waals surface area contributed by atoms with Gasteiger partial charge in [0, 0.05) is 52.4 Å². The van der Waals surface area contributed by atoms with E-state index in [0.717, 1.165) is 86.0 Å². The van der Waals surface area contributed by atoms with E-state index in [2.05, 4.69) is 50.2 Å². The highest BCUT2D eigenvalue weighted by molar-refractivity contribution is 7.17. The molecule has 0 aliphatic carbocycles. The van der Waals surface area contributed by atoms with Crippen LogP contribution in [0.2, 0.25) is 0 Å². The number of ether oxygens (including phenoxy) is 1. The summed E-state index contributed by atoms with van der Waals surface area (Å²) in [6.07, 6.45) is 12.0. The monoisotopic (exact) mass is 575 g/mol. The quantitative estimate of drug-likeness (QED) is 0.206. The summed E-state index contributed by atoms with van der Waals surface area (Å²) in [5.41, 5.74) is 8.46. The molecule has 0 radical (unpaired) electrons. The lowest BCUT2D eigenvalue weighted by molar-refractivity contribution is 0.102. The van der Waals surface area contributed by atoms with Gasteiger partial charge in [0.25, 0.3) is 0 Å². The fraction of sp³-hybridized carbons (Fsp3) is 0.294. The molecule has 6 heterocycles. The Bertz CT molecular complexity index is 1800. The lowest BCUT2D eigenvalue weighted by Gasteiger charge is -2.15. The molecule has 0 atom stereocenters. The number of carbonyl (C=O) groups is 1. The molecule has 1 aromatic carbocycles. The number of benzene rings is 1. The van der Waals surface area contributed by atoms with Gasteiger partial charge in [-0.1, -0.05) is 12.1 Å². The Kier molecular flexibility index (Phi) is 7.40. The van der Waals surface area contributed by atoms with Crippen LogP contribution in [0.5, 0.6) is 5.75 Å². The first-order valence-corrected chi connectivity index (χ1v) is 15.5. The van der Waals surface area contributed by atoms with Crippen LogP contribution in [0.3, 0.4) is 0 Å². The third kappa shape index (κ3) is 5.40. The number of aliphatic imine (C=N–C) groups is 1. The molecule has 7 nitrogen and oxygen atoms in total. The SMILES string of the molecule is CC(=O)c1ccc(-c2cncc3[nH]c(C4=NCCCc5ccc(-c6cncc(OCCN7CCCC7)c6)cc54)cc23)s1. The van der Waals surface area contributed by atoms with Crippen molar-refractivity contribution in [3.63, 3.8) is 0 Å². The van der Waals surface area contributed by atoms with Crippen LogP contribution in [0, 0.1) is 0 Å². The van der Waals surface area contributed by atoms with Crippen molar-refractivity contribution in [1.29, 1.82) is 0 Å². The molecule has 7 rings (SSSR count). The van der Waals surface area contributed by atoms with E-state index in [1.54, 1.807) is 13.1 Å². The number of aromatic amines is 1. The van der Waals surface area contributed by atoms with E-state index in [1.165, 1.54) is 42.8 Å². The van der Waals surface area contributed by atoms with Crippen molar-refractivity contribution < 1.29 is 9.53 Å². The van der Waals surface area contributed by atoms with Gasteiger partial charge in [-0.2, -0.15) is 0 Å². The number of Topliss-reactive ketones (excluding diaryl/α,β-unsaturated/α-hetero) is 1. The number of likely N-dealkylation sites (tertiary alicyclic amines) is 1. The van der Waals surface area contributed by atoms with Crippen molar-refractivity contribution in [3.8, 4) is 27.3 Å². The molecule has 1 fully saturated rings. The van der Waals surface area contributed by atoms with Gasteiger partial charge in [-0.25, -0.2) is 0 Å². The van der Waals surface area contributed by atoms with E-state index in [4.69, 9.17) is 9.73 Å². The lowest BCUT2D eigenvalue weighted by Crippen LogP contribution is -2.25. The average molecular weight is 576 g/mol. The van der Waals surface area contributed by atoms with Crippen LogP contribution in [0.4, 0.5) is 0 Å². The second-order valence-electron chi connectivity index (χ2n) is 11.1. The number of hydrogen-bond donors (Lipinski definition) is 1. The van der Waals surface area contributed by atoms with E-state index in [-0.39, 0.29) is 5.78 Å². The Morgan fingerprint density at radius 2 is 1.83 bits per heavy atom. The second-order valence-corrected chi connectivity index (χ2v) is 12.1. The predicted molar refractivity (Wildman–Crippen MR) is 169 cm³/mol. The number of aryl methyl sites for hydroxylation is 1. The van der Waals surface area contributed by atoms with Crippen LogP contribution in [0.15, 0.2) is 72.2 Å². The first-order chi connectivity index (χ1) is 20.6. The Balaban J connectivity index is 1.20. The fourth-order valence-electron chi connectivity index (χ4n) is 5.97. The summed E-state index contributed by atoms with van der Waals surface area (Å²) < 4.78 is 6.09. The molecule has 0 amide bonds. The minimum atomic E-state index is 0.0794. The number of rotatable bonds is 8. The number of aromatic nitrogens is 3. The number of carbonyl (C=O) groups excluding carboxylic acids is 1. The number of hydrogen-bond acceptors (Lipinski definition) is 7. The number of H-pyrrole nitrogens is 1. The Hall–Kier alpha value is -4.14. The van der Waals surface area contributed by atoms with Crippen molar-refractivity contribution >= 4 is 33.7 Å². The van der Waals surface area contributed by atoms with Crippen molar-refractivity contribution in [2.45, 2.75) is 32.6 Å². The fourth-order valence-corrected chi connectivity index (χ4v) is 6.90. The summed E-state index contributed by atoms with van der Waals surface area (Å²) in [4.78, 5) is 33.8. The van der Waals surface area contributed by atoms with Gasteiger partial charge in [-0.3, -0.25) is 24.7 Å². The molecule has 0 unspecified atom stereocenters. The molecular formula is C34H33N5O2S. The van der Waals surface area contributed by atoms with E-state index in [1.807, 2.05) is 30.7 Å². The number of thiophene rings is 1. The van der Waals surface area contributed by atoms with Crippen molar-refractivity contribution in [1.82, 2.24) is 19.9 Å². The molecule has 2 aliphatic heterocycles. The molecule has 0 saturated carbocycles. The molecule has 5 aromatic rings. The highest BCUT2D eigenvalue weighted by Crippen LogP contribution is 2.35. The molecule has 1 N–H and O–H groups in total. The van der Waals surface area contributed by atoms with Crippen molar-refractivity contribution in [2.75, 3.05) is 32.8 Å². The van der Waals surface area contributed by atoms with E-state index < -0.39 is 0 Å². The van der Waals surface area contributed by atoms with E-state index in [0.29, 0.717) is 6.61 Å². The van der Waals surface area contributed by atoms with Gasteiger partial charge in [0.15, 0.2) is 5.78 Å². The van der Waals surface area contributed by atoms with E-state index >= 15 is 0 Å². The summed E-state index contributed by atoms with van der Waals surface area (Å²) in [5.74, 6) is 0.878. The van der Waals surface area contributed by atoms with Crippen LogP contribution in [0.1, 0.15) is 52.7 Å². The molecule has 1 saturated heterocycles. The molecule has 212 valence electrons. The van der Waals surface area contributed by atoms with Gasteiger partial charge in [-0.05, 0) is 87.2 Å². The summed E-state index contributed by atoms with van der Waals surface area (Å²) in [7, 11) is 0. The summed E-state index contributed by atoms with van der Waals surface area (Å²) >= 11 is 1.51. The van der Waals surface area contributed by atoms with Crippen molar-refractivity contribution in [2.24, 2.45) is 4.99 Å². The Labute approximate surface area is 249 Å². The maximum Gasteiger partial charge on any atom is 0.169 e. The Morgan fingerprint density at radius 1 is 0.952 bits per heavy atom. The topological polar surface area (TPSA) is 83.5 Å². The third-order valence-corrected chi connectivity index (χ3v) is 9.40. The van der Waals surface area contributed by atoms with Crippen LogP contribution >= 0.6 is 11.3 Å². The lowest BCUT2D eigenvalue weighted by atomic mass is 9.94. The molecule has 0 bridgehead atoms. The van der Waals surface area contributed by atoms with Gasteiger partial charge < -0.3 is 9.72 Å². The molecule has 2 aliphatic rings.